The van der Waals surface area contributed by atoms with Crippen LogP contribution >= 0.6 is 0 Å². The van der Waals surface area contributed by atoms with Crippen LogP contribution < -0.4 is 4.74 Å². The average molecular weight is 299 g/mol. The van der Waals surface area contributed by atoms with E-state index in [1.54, 1.807) is 18.3 Å². The Morgan fingerprint density at radius 3 is 2.45 bits per heavy atom. The van der Waals surface area contributed by atoms with Gasteiger partial charge in [-0.3, -0.25) is 0 Å². The zero-order chi connectivity index (χ0) is 15.9. The van der Waals surface area contributed by atoms with Crippen LogP contribution in [0.15, 0.2) is 42.6 Å². The van der Waals surface area contributed by atoms with Crippen molar-refractivity contribution in [3.8, 4) is 5.88 Å². The summed E-state index contributed by atoms with van der Waals surface area (Å²) < 4.78 is 10.7. The summed E-state index contributed by atoms with van der Waals surface area (Å²) in [5.74, 6) is 0.279. The third kappa shape index (κ3) is 4.07. The predicted octanol–water partition coefficient (Wildman–Crippen LogP) is 4.10. The Morgan fingerprint density at radius 1 is 1.18 bits per heavy atom. The summed E-state index contributed by atoms with van der Waals surface area (Å²) in [7, 11) is 1.38. The van der Waals surface area contributed by atoms with E-state index in [4.69, 9.17) is 9.47 Å². The first-order chi connectivity index (χ1) is 10.6. The first kappa shape index (κ1) is 16.0. The lowest BCUT2D eigenvalue weighted by Gasteiger charge is -2.18. The third-order valence-corrected chi connectivity index (χ3v) is 3.40. The maximum atomic E-state index is 11.5. The van der Waals surface area contributed by atoms with Gasteiger partial charge in [0.05, 0.1) is 12.7 Å². The van der Waals surface area contributed by atoms with E-state index in [1.807, 2.05) is 31.2 Å². The fourth-order valence-electron chi connectivity index (χ4n) is 2.18. The number of carbonyl (C=O) groups is 1. The van der Waals surface area contributed by atoms with Gasteiger partial charge in [0.15, 0.2) is 0 Å². The summed E-state index contributed by atoms with van der Waals surface area (Å²) >= 11 is 0. The Balaban J connectivity index is 2.16. The van der Waals surface area contributed by atoms with Crippen molar-refractivity contribution in [3.05, 3.63) is 59.3 Å². The molecule has 0 saturated carbocycles. The number of aryl methyl sites for hydroxylation is 1. The standard InChI is InChI=1S/C18H21NO3/c1-4-5-16(22-17-11-6-13(2)12-19-17)14-7-9-15(10-8-14)18(20)21-3/h6-12,16H,4-5H2,1-3H3. The van der Waals surface area contributed by atoms with E-state index < -0.39 is 0 Å². The zero-order valence-electron chi connectivity index (χ0n) is 13.2. The molecule has 0 fully saturated rings. The molecule has 1 unspecified atom stereocenters. The van der Waals surface area contributed by atoms with E-state index in [1.165, 1.54) is 7.11 Å². The van der Waals surface area contributed by atoms with Crippen molar-refractivity contribution in [2.75, 3.05) is 7.11 Å². The van der Waals surface area contributed by atoms with Gasteiger partial charge in [-0.1, -0.05) is 31.5 Å². The molecule has 4 nitrogen and oxygen atoms in total. The number of pyridine rings is 1. The Morgan fingerprint density at radius 2 is 1.91 bits per heavy atom. The number of rotatable bonds is 6. The van der Waals surface area contributed by atoms with Crippen LogP contribution in [0.3, 0.4) is 0 Å². The summed E-state index contributed by atoms with van der Waals surface area (Å²) in [6, 6.07) is 11.2. The fourth-order valence-corrected chi connectivity index (χ4v) is 2.18. The number of ether oxygens (including phenoxy) is 2. The monoisotopic (exact) mass is 299 g/mol. The molecule has 1 aromatic heterocycles. The van der Waals surface area contributed by atoms with E-state index in [0.29, 0.717) is 11.4 Å². The quantitative estimate of drug-likeness (QED) is 0.754. The number of benzene rings is 1. The molecule has 1 heterocycles. The van der Waals surface area contributed by atoms with Crippen molar-refractivity contribution in [1.29, 1.82) is 0 Å². The molecule has 0 saturated heterocycles. The summed E-state index contributed by atoms with van der Waals surface area (Å²) in [5.41, 5.74) is 2.66. The lowest BCUT2D eigenvalue weighted by molar-refractivity contribution is 0.0600. The molecule has 0 bridgehead atoms. The van der Waals surface area contributed by atoms with Gasteiger partial charge < -0.3 is 9.47 Å². The van der Waals surface area contributed by atoms with Gasteiger partial charge in [0.1, 0.15) is 6.10 Å². The van der Waals surface area contributed by atoms with Crippen molar-refractivity contribution < 1.29 is 14.3 Å². The second-order valence-corrected chi connectivity index (χ2v) is 5.18. The van der Waals surface area contributed by atoms with Crippen LogP contribution in [-0.4, -0.2) is 18.1 Å². The Labute approximate surface area is 131 Å². The second kappa shape index (κ2) is 7.59. The molecule has 1 aromatic carbocycles. The largest absolute Gasteiger partial charge is 0.469 e. The molecule has 116 valence electrons. The van der Waals surface area contributed by atoms with Crippen molar-refractivity contribution in [1.82, 2.24) is 4.98 Å². The minimum absolute atomic E-state index is 0.0769. The van der Waals surface area contributed by atoms with Crippen LogP contribution in [0.1, 0.15) is 47.4 Å². The molecule has 0 aliphatic carbocycles. The lowest BCUT2D eigenvalue weighted by Crippen LogP contribution is -2.09. The van der Waals surface area contributed by atoms with Crippen LogP contribution in [0.4, 0.5) is 0 Å². The highest BCUT2D eigenvalue weighted by atomic mass is 16.5. The molecule has 0 radical (unpaired) electrons. The smallest absolute Gasteiger partial charge is 0.337 e. The number of aromatic nitrogens is 1. The summed E-state index contributed by atoms with van der Waals surface area (Å²) in [4.78, 5) is 15.8. The van der Waals surface area contributed by atoms with Gasteiger partial charge in [-0.25, -0.2) is 9.78 Å². The lowest BCUT2D eigenvalue weighted by atomic mass is 10.0. The SMILES string of the molecule is CCCC(Oc1ccc(C)cn1)c1ccc(C(=O)OC)cc1. The maximum Gasteiger partial charge on any atom is 0.337 e. The number of nitrogens with zero attached hydrogens (tertiary/aromatic N) is 1. The van der Waals surface area contributed by atoms with Crippen molar-refractivity contribution >= 4 is 5.97 Å². The van der Waals surface area contributed by atoms with E-state index in [9.17, 15) is 4.79 Å². The topological polar surface area (TPSA) is 48.4 Å². The first-order valence-corrected chi connectivity index (χ1v) is 7.41. The highest BCUT2D eigenvalue weighted by molar-refractivity contribution is 5.89. The molecule has 0 N–H and O–H groups in total. The van der Waals surface area contributed by atoms with E-state index in [-0.39, 0.29) is 12.1 Å². The number of esters is 1. The maximum absolute atomic E-state index is 11.5. The minimum atomic E-state index is -0.334. The van der Waals surface area contributed by atoms with E-state index >= 15 is 0 Å². The molecule has 0 spiro atoms. The molecule has 22 heavy (non-hydrogen) atoms. The van der Waals surface area contributed by atoms with Gasteiger partial charge in [0, 0.05) is 12.3 Å². The number of hydrogen-bond donors (Lipinski definition) is 0. The van der Waals surface area contributed by atoms with Gasteiger partial charge in [-0.2, -0.15) is 0 Å². The Hall–Kier alpha value is -2.36. The third-order valence-electron chi connectivity index (χ3n) is 3.40. The fraction of sp³-hybridized carbons (Fsp3) is 0.333. The highest BCUT2D eigenvalue weighted by Gasteiger charge is 2.14. The van der Waals surface area contributed by atoms with Crippen molar-refractivity contribution in [2.24, 2.45) is 0 Å². The molecule has 0 aliphatic heterocycles. The first-order valence-electron chi connectivity index (χ1n) is 7.41. The predicted molar refractivity (Wildman–Crippen MR) is 85.0 cm³/mol. The van der Waals surface area contributed by atoms with Crippen LogP contribution in [0, 0.1) is 6.92 Å². The molecular weight excluding hydrogens is 278 g/mol. The number of hydrogen-bond acceptors (Lipinski definition) is 4. The van der Waals surface area contributed by atoms with Gasteiger partial charge in [-0.05, 0) is 36.6 Å². The summed E-state index contributed by atoms with van der Waals surface area (Å²) in [6.07, 6.45) is 3.59. The molecule has 2 rings (SSSR count). The zero-order valence-corrected chi connectivity index (χ0v) is 13.2. The molecular formula is C18H21NO3. The summed E-state index contributed by atoms with van der Waals surface area (Å²) in [6.45, 7) is 4.10. The average Bonchev–Trinajstić information content (AvgIpc) is 2.56. The Kier molecular flexibility index (Phi) is 5.53. The van der Waals surface area contributed by atoms with Crippen molar-refractivity contribution in [3.63, 3.8) is 0 Å². The van der Waals surface area contributed by atoms with Crippen LogP contribution in [-0.2, 0) is 4.74 Å². The van der Waals surface area contributed by atoms with Gasteiger partial charge in [-0.15, -0.1) is 0 Å². The molecule has 2 aromatic rings. The minimum Gasteiger partial charge on any atom is -0.469 e. The van der Waals surface area contributed by atoms with Crippen LogP contribution in [0.5, 0.6) is 5.88 Å². The van der Waals surface area contributed by atoms with Crippen LogP contribution in [0.25, 0.3) is 0 Å². The molecule has 0 amide bonds. The van der Waals surface area contributed by atoms with Crippen molar-refractivity contribution in [2.45, 2.75) is 32.8 Å². The normalized spacial score (nSPS) is 11.8. The number of carbonyl (C=O) groups excluding carboxylic acids is 1. The molecule has 1 atom stereocenters. The van der Waals surface area contributed by atoms with Gasteiger partial charge in [0.2, 0.25) is 5.88 Å². The molecule has 0 aliphatic rings. The summed E-state index contributed by atoms with van der Waals surface area (Å²) in [5, 5.41) is 0. The van der Waals surface area contributed by atoms with Crippen LogP contribution in [0.2, 0.25) is 0 Å². The van der Waals surface area contributed by atoms with Gasteiger partial charge in [0.25, 0.3) is 0 Å². The highest BCUT2D eigenvalue weighted by Crippen LogP contribution is 2.25. The van der Waals surface area contributed by atoms with Gasteiger partial charge >= 0.3 is 5.97 Å². The number of methoxy groups -OCH3 is 1. The van der Waals surface area contributed by atoms with E-state index in [2.05, 4.69) is 11.9 Å². The molecule has 4 heteroatoms. The second-order valence-electron chi connectivity index (χ2n) is 5.18. The van der Waals surface area contributed by atoms with E-state index in [0.717, 1.165) is 24.0 Å². The Bertz CT molecular complexity index is 605.